The fraction of sp³-hybridized carbons (Fsp3) is 0.500. The first-order valence-corrected chi connectivity index (χ1v) is 6.49. The Morgan fingerprint density at radius 2 is 1.90 bits per heavy atom. The van der Waals surface area contributed by atoms with Crippen molar-refractivity contribution in [3.63, 3.8) is 0 Å². The molecule has 1 rings (SSSR count). The van der Waals surface area contributed by atoms with Crippen LogP contribution in [0.15, 0.2) is 24.3 Å². The van der Waals surface area contributed by atoms with Gasteiger partial charge in [0, 0.05) is 19.6 Å². The van der Waals surface area contributed by atoms with Gasteiger partial charge in [0.2, 0.25) is 0 Å². The molecule has 0 radical (unpaired) electrons. The number of likely N-dealkylation sites (N-methyl/N-ethyl adjacent to an activating group) is 1. The van der Waals surface area contributed by atoms with Gasteiger partial charge in [-0.2, -0.15) is 0 Å². The highest BCUT2D eigenvalue weighted by molar-refractivity contribution is 5.97. The number of alkyl halides is 3. The van der Waals surface area contributed by atoms with Crippen LogP contribution < -0.4 is 10.5 Å². The average molecular weight is 304 g/mol. The molecule has 118 valence electrons. The molecule has 7 heteroatoms. The monoisotopic (exact) mass is 304 g/mol. The molecule has 1 atom stereocenters. The number of para-hydroxylation sites is 1. The van der Waals surface area contributed by atoms with E-state index in [4.69, 9.17) is 5.73 Å². The maximum atomic E-state index is 12.4. The molecule has 2 N–H and O–H groups in total. The molecule has 21 heavy (non-hydrogen) atoms. The standard InChI is InChI=1S/C14H19F3N2O2/c1-9(2)11(8-18)19(3)13(20)10-6-4-5-7-12(10)21-14(15,16)17/h4-7,9,11H,8,18H2,1-3H3/t11-/m1/s1. The zero-order valence-corrected chi connectivity index (χ0v) is 12.1. The smallest absolute Gasteiger partial charge is 0.405 e. The van der Waals surface area contributed by atoms with Crippen LogP contribution in [0.25, 0.3) is 0 Å². The fourth-order valence-corrected chi connectivity index (χ4v) is 2.08. The second kappa shape index (κ2) is 6.80. The van der Waals surface area contributed by atoms with Crippen LogP contribution >= 0.6 is 0 Å². The summed E-state index contributed by atoms with van der Waals surface area (Å²) in [6, 6.07) is 5.00. The summed E-state index contributed by atoms with van der Waals surface area (Å²) >= 11 is 0. The van der Waals surface area contributed by atoms with Crippen LogP contribution in [0.5, 0.6) is 5.75 Å². The number of carbonyl (C=O) groups excluding carboxylic acids is 1. The minimum atomic E-state index is -4.85. The van der Waals surface area contributed by atoms with Gasteiger partial charge in [0.25, 0.3) is 5.91 Å². The van der Waals surface area contributed by atoms with Gasteiger partial charge in [-0.1, -0.05) is 26.0 Å². The molecule has 0 unspecified atom stereocenters. The van der Waals surface area contributed by atoms with E-state index in [0.717, 1.165) is 6.07 Å². The van der Waals surface area contributed by atoms with E-state index in [1.807, 2.05) is 13.8 Å². The van der Waals surface area contributed by atoms with E-state index in [0.29, 0.717) is 0 Å². The molecule has 4 nitrogen and oxygen atoms in total. The van der Waals surface area contributed by atoms with Crippen molar-refractivity contribution in [1.82, 2.24) is 4.90 Å². The van der Waals surface area contributed by atoms with E-state index in [9.17, 15) is 18.0 Å². The first-order chi connectivity index (χ1) is 9.67. The van der Waals surface area contributed by atoms with Crippen LogP contribution in [-0.2, 0) is 0 Å². The normalized spacial score (nSPS) is 13.1. The highest BCUT2D eigenvalue weighted by Crippen LogP contribution is 2.27. The van der Waals surface area contributed by atoms with Gasteiger partial charge in [-0.25, -0.2) is 0 Å². The predicted molar refractivity (Wildman–Crippen MR) is 72.9 cm³/mol. The van der Waals surface area contributed by atoms with Gasteiger partial charge >= 0.3 is 6.36 Å². The van der Waals surface area contributed by atoms with E-state index in [1.165, 1.54) is 30.1 Å². The number of nitrogens with zero attached hydrogens (tertiary/aromatic N) is 1. The fourth-order valence-electron chi connectivity index (χ4n) is 2.08. The Morgan fingerprint density at radius 1 is 1.33 bits per heavy atom. The van der Waals surface area contributed by atoms with Gasteiger partial charge in [0.15, 0.2) is 0 Å². The van der Waals surface area contributed by atoms with E-state index in [2.05, 4.69) is 4.74 Å². The summed E-state index contributed by atoms with van der Waals surface area (Å²) in [7, 11) is 1.52. The Kier molecular flexibility index (Phi) is 5.60. The summed E-state index contributed by atoms with van der Waals surface area (Å²) < 4.78 is 41.0. The molecule has 0 aliphatic rings. The molecule has 1 aromatic rings. The molecule has 0 fully saturated rings. The lowest BCUT2D eigenvalue weighted by molar-refractivity contribution is -0.274. The molecule has 0 saturated heterocycles. The first kappa shape index (κ1) is 17.3. The van der Waals surface area contributed by atoms with E-state index >= 15 is 0 Å². The third-order valence-electron chi connectivity index (χ3n) is 3.17. The van der Waals surface area contributed by atoms with Crippen molar-refractivity contribution in [3.8, 4) is 5.75 Å². The topological polar surface area (TPSA) is 55.6 Å². The molecule has 0 aromatic heterocycles. The van der Waals surface area contributed by atoms with Crippen LogP contribution in [-0.4, -0.2) is 36.8 Å². The van der Waals surface area contributed by atoms with Gasteiger partial charge in [0.1, 0.15) is 5.75 Å². The van der Waals surface area contributed by atoms with Crippen molar-refractivity contribution < 1.29 is 22.7 Å². The van der Waals surface area contributed by atoms with Crippen molar-refractivity contribution in [3.05, 3.63) is 29.8 Å². The Bertz CT molecular complexity index is 489. The van der Waals surface area contributed by atoms with Crippen molar-refractivity contribution in [2.75, 3.05) is 13.6 Å². The molecule has 0 aliphatic carbocycles. The molecule has 0 bridgehead atoms. The maximum absolute atomic E-state index is 12.4. The largest absolute Gasteiger partial charge is 0.573 e. The minimum Gasteiger partial charge on any atom is -0.405 e. The summed E-state index contributed by atoms with van der Waals surface area (Å²) in [6.07, 6.45) is -4.85. The number of ether oxygens (including phenoxy) is 1. The zero-order chi connectivity index (χ0) is 16.2. The summed E-state index contributed by atoms with van der Waals surface area (Å²) in [5, 5.41) is 0. The molecule has 1 aromatic carbocycles. The SMILES string of the molecule is CC(C)[C@@H](CN)N(C)C(=O)c1ccccc1OC(F)(F)F. The summed E-state index contributed by atoms with van der Waals surface area (Å²) in [5.74, 6) is -0.986. The van der Waals surface area contributed by atoms with Gasteiger partial charge in [0.05, 0.1) is 5.56 Å². The van der Waals surface area contributed by atoms with Crippen LogP contribution in [0.4, 0.5) is 13.2 Å². The van der Waals surface area contributed by atoms with E-state index in [-0.39, 0.29) is 24.1 Å². The second-order valence-electron chi connectivity index (χ2n) is 5.01. The van der Waals surface area contributed by atoms with Crippen LogP contribution in [0.1, 0.15) is 24.2 Å². The predicted octanol–water partition coefficient (Wildman–Crippen LogP) is 2.64. The van der Waals surface area contributed by atoms with Gasteiger partial charge in [-0.15, -0.1) is 13.2 Å². The molecule has 0 heterocycles. The highest BCUT2D eigenvalue weighted by Gasteiger charge is 2.33. The quantitative estimate of drug-likeness (QED) is 0.910. The summed E-state index contributed by atoms with van der Waals surface area (Å²) in [6.45, 7) is 4.00. The van der Waals surface area contributed by atoms with E-state index < -0.39 is 18.0 Å². The zero-order valence-electron chi connectivity index (χ0n) is 12.1. The van der Waals surface area contributed by atoms with Crippen molar-refractivity contribution in [2.45, 2.75) is 26.3 Å². The van der Waals surface area contributed by atoms with Crippen molar-refractivity contribution in [1.29, 1.82) is 0 Å². The van der Waals surface area contributed by atoms with Gasteiger partial charge < -0.3 is 15.4 Å². The lowest BCUT2D eigenvalue weighted by Gasteiger charge is -2.30. The molecule has 0 saturated carbocycles. The third kappa shape index (κ3) is 4.63. The number of rotatable bonds is 5. The van der Waals surface area contributed by atoms with Crippen LogP contribution in [0.3, 0.4) is 0 Å². The molecule has 1 amide bonds. The number of carbonyl (C=O) groups is 1. The first-order valence-electron chi connectivity index (χ1n) is 6.49. The summed E-state index contributed by atoms with van der Waals surface area (Å²) in [4.78, 5) is 13.7. The number of hydrogen-bond donors (Lipinski definition) is 1. The number of halogens is 3. The third-order valence-corrected chi connectivity index (χ3v) is 3.17. The number of benzene rings is 1. The Morgan fingerprint density at radius 3 is 2.38 bits per heavy atom. The molecule has 0 aliphatic heterocycles. The highest BCUT2D eigenvalue weighted by atomic mass is 19.4. The Hall–Kier alpha value is -1.76. The number of amides is 1. The van der Waals surface area contributed by atoms with Gasteiger partial charge in [-0.05, 0) is 18.1 Å². The van der Waals surface area contributed by atoms with Crippen molar-refractivity contribution in [2.24, 2.45) is 11.7 Å². The van der Waals surface area contributed by atoms with E-state index in [1.54, 1.807) is 0 Å². The lowest BCUT2D eigenvalue weighted by Crippen LogP contribution is -2.45. The minimum absolute atomic E-state index is 0.0830. The average Bonchev–Trinajstić information content (AvgIpc) is 2.37. The van der Waals surface area contributed by atoms with Gasteiger partial charge in [-0.3, -0.25) is 4.79 Å². The Labute approximate surface area is 121 Å². The van der Waals surface area contributed by atoms with Crippen LogP contribution in [0.2, 0.25) is 0 Å². The van der Waals surface area contributed by atoms with Crippen molar-refractivity contribution >= 4 is 5.91 Å². The second-order valence-corrected chi connectivity index (χ2v) is 5.01. The molecule has 0 spiro atoms. The molecular formula is C14H19F3N2O2. The maximum Gasteiger partial charge on any atom is 0.573 e. The van der Waals surface area contributed by atoms with Crippen LogP contribution in [0, 0.1) is 5.92 Å². The number of hydrogen-bond acceptors (Lipinski definition) is 3. The Balaban J connectivity index is 3.07. The molecular weight excluding hydrogens is 285 g/mol. The summed E-state index contributed by atoms with van der Waals surface area (Å²) in [5.41, 5.74) is 5.48. The lowest BCUT2D eigenvalue weighted by atomic mass is 10.0. The number of nitrogens with two attached hydrogens (primary N) is 1.